The average Bonchev–Trinajstić information content (AvgIpc) is 3.18. The minimum absolute atomic E-state index is 0.0767. The molecule has 1 aliphatic rings. The second kappa shape index (κ2) is 6.63. The van der Waals surface area contributed by atoms with Crippen molar-refractivity contribution in [2.75, 3.05) is 0 Å². The number of hydrogen-bond acceptors (Lipinski definition) is 4. The lowest BCUT2D eigenvalue weighted by molar-refractivity contribution is 0.0902. The van der Waals surface area contributed by atoms with Gasteiger partial charge >= 0.3 is 0 Å². The Kier molecular flexibility index (Phi) is 4.55. The molecule has 1 aliphatic carbocycles. The van der Waals surface area contributed by atoms with E-state index in [-0.39, 0.29) is 23.5 Å². The Morgan fingerprint density at radius 1 is 1.42 bits per heavy atom. The van der Waals surface area contributed by atoms with Crippen LogP contribution >= 0.6 is 0 Å². The highest BCUT2D eigenvalue weighted by Crippen LogP contribution is 2.29. The number of nitrogens with one attached hydrogen (secondary N) is 1. The summed E-state index contributed by atoms with van der Waals surface area (Å²) in [6.45, 7) is 6.61. The molecule has 1 N–H and O–H groups in total. The number of carbonyl (C=O) groups excluding carboxylic acids is 2. The number of furan rings is 1. The quantitative estimate of drug-likeness (QED) is 0.914. The minimum atomic E-state index is -0.272. The minimum Gasteiger partial charge on any atom is -0.455 e. The second-order valence-corrected chi connectivity index (χ2v) is 6.19. The molecule has 3 rings (SSSR count). The highest BCUT2D eigenvalue weighted by Gasteiger charge is 2.29. The summed E-state index contributed by atoms with van der Waals surface area (Å²) < 4.78 is 7.56. The number of carbonyl (C=O) groups is 2. The molecule has 6 heteroatoms. The molecule has 0 saturated carbocycles. The zero-order valence-corrected chi connectivity index (χ0v) is 14.4. The lowest BCUT2D eigenvalue weighted by Gasteiger charge is -2.14. The maximum absolute atomic E-state index is 12.7. The van der Waals surface area contributed by atoms with Crippen molar-refractivity contribution in [3.05, 3.63) is 40.6 Å². The van der Waals surface area contributed by atoms with E-state index in [1.807, 2.05) is 24.7 Å². The highest BCUT2D eigenvalue weighted by molar-refractivity contribution is 6.03. The fourth-order valence-electron chi connectivity index (χ4n) is 3.24. The maximum Gasteiger partial charge on any atom is 0.287 e. The van der Waals surface area contributed by atoms with Gasteiger partial charge in [-0.15, -0.1) is 0 Å². The average molecular weight is 329 g/mol. The van der Waals surface area contributed by atoms with Crippen LogP contribution in [0, 0.1) is 6.92 Å². The molecule has 2 aromatic rings. The summed E-state index contributed by atoms with van der Waals surface area (Å²) in [6.07, 6.45) is 6.50. The topological polar surface area (TPSA) is 77.1 Å². The summed E-state index contributed by atoms with van der Waals surface area (Å²) in [5.41, 5.74) is 2.24. The Morgan fingerprint density at radius 3 is 2.83 bits per heavy atom. The van der Waals surface area contributed by atoms with Crippen molar-refractivity contribution >= 4 is 11.7 Å². The third-order valence-corrected chi connectivity index (χ3v) is 4.61. The van der Waals surface area contributed by atoms with Crippen LogP contribution in [0.3, 0.4) is 0 Å². The zero-order valence-electron chi connectivity index (χ0n) is 14.4. The van der Waals surface area contributed by atoms with E-state index in [9.17, 15) is 9.59 Å². The van der Waals surface area contributed by atoms with Crippen LogP contribution in [0.15, 0.2) is 16.8 Å². The van der Waals surface area contributed by atoms with Crippen LogP contribution in [-0.4, -0.2) is 21.5 Å². The van der Waals surface area contributed by atoms with Gasteiger partial charge in [0.1, 0.15) is 5.76 Å². The van der Waals surface area contributed by atoms with Crippen molar-refractivity contribution in [3.8, 4) is 0 Å². The van der Waals surface area contributed by atoms with Crippen LogP contribution in [0.4, 0.5) is 0 Å². The molecule has 0 aromatic carbocycles. The first-order valence-corrected chi connectivity index (χ1v) is 8.53. The largest absolute Gasteiger partial charge is 0.455 e. The number of Topliss-reactive ketones (excluding diaryl/α,β-unsaturated/α-hetero) is 1. The lowest BCUT2D eigenvalue weighted by Crippen LogP contribution is -2.28. The summed E-state index contributed by atoms with van der Waals surface area (Å²) in [6, 6.07) is -0.130. The van der Waals surface area contributed by atoms with Crippen LogP contribution in [0.25, 0.3) is 0 Å². The van der Waals surface area contributed by atoms with E-state index in [0.717, 1.165) is 31.4 Å². The summed E-state index contributed by atoms with van der Waals surface area (Å²) in [4.78, 5) is 24.7. The predicted molar refractivity (Wildman–Crippen MR) is 89.1 cm³/mol. The van der Waals surface area contributed by atoms with E-state index in [0.29, 0.717) is 23.3 Å². The van der Waals surface area contributed by atoms with E-state index in [4.69, 9.17) is 4.42 Å². The van der Waals surface area contributed by atoms with E-state index < -0.39 is 0 Å². The van der Waals surface area contributed by atoms with Crippen molar-refractivity contribution in [1.29, 1.82) is 0 Å². The number of aryl methyl sites for hydroxylation is 2. The molecule has 0 radical (unpaired) electrons. The van der Waals surface area contributed by atoms with Gasteiger partial charge in [-0.05, 0) is 26.7 Å². The molecule has 24 heavy (non-hydrogen) atoms. The van der Waals surface area contributed by atoms with Crippen molar-refractivity contribution in [2.45, 2.75) is 59.0 Å². The Hall–Kier alpha value is -2.37. The summed E-state index contributed by atoms with van der Waals surface area (Å²) in [5, 5.41) is 7.27. The maximum atomic E-state index is 12.7. The van der Waals surface area contributed by atoms with Crippen LogP contribution in [0.2, 0.25) is 0 Å². The van der Waals surface area contributed by atoms with Gasteiger partial charge in [-0.2, -0.15) is 5.10 Å². The van der Waals surface area contributed by atoms with Gasteiger partial charge in [0.2, 0.25) is 0 Å². The van der Waals surface area contributed by atoms with Crippen molar-refractivity contribution in [3.63, 3.8) is 0 Å². The molecular formula is C18H23N3O3. The van der Waals surface area contributed by atoms with E-state index >= 15 is 0 Å². The number of fused-ring (bicyclic) bond motifs is 1. The third-order valence-electron chi connectivity index (χ3n) is 4.61. The monoisotopic (exact) mass is 329 g/mol. The smallest absolute Gasteiger partial charge is 0.287 e. The van der Waals surface area contributed by atoms with Crippen molar-refractivity contribution < 1.29 is 14.0 Å². The number of rotatable bonds is 5. The number of hydrogen-bond donors (Lipinski definition) is 1. The van der Waals surface area contributed by atoms with Crippen LogP contribution < -0.4 is 5.32 Å². The van der Waals surface area contributed by atoms with Gasteiger partial charge in [0.25, 0.3) is 5.91 Å². The van der Waals surface area contributed by atoms with Gasteiger partial charge in [-0.25, -0.2) is 0 Å². The molecule has 1 amide bonds. The first kappa shape index (κ1) is 16.5. The molecule has 0 spiro atoms. The van der Waals surface area contributed by atoms with E-state index in [2.05, 4.69) is 10.4 Å². The lowest BCUT2D eigenvalue weighted by atomic mass is 9.94. The zero-order chi connectivity index (χ0) is 17.3. The van der Waals surface area contributed by atoms with Crippen LogP contribution in [0.1, 0.15) is 77.0 Å². The molecule has 6 nitrogen and oxygen atoms in total. The number of ketones is 1. The molecule has 0 aliphatic heterocycles. The van der Waals surface area contributed by atoms with Crippen molar-refractivity contribution in [2.24, 2.45) is 0 Å². The van der Waals surface area contributed by atoms with Crippen molar-refractivity contribution in [1.82, 2.24) is 15.1 Å². The fraction of sp³-hybridized carbons (Fsp3) is 0.500. The fourth-order valence-corrected chi connectivity index (χ4v) is 3.24. The molecule has 128 valence electrons. The van der Waals surface area contributed by atoms with Crippen LogP contribution in [0.5, 0.6) is 0 Å². The highest BCUT2D eigenvalue weighted by atomic mass is 16.4. The predicted octanol–water partition coefficient (Wildman–Crippen LogP) is 3.20. The van der Waals surface area contributed by atoms with Gasteiger partial charge in [0, 0.05) is 36.7 Å². The first-order valence-electron chi connectivity index (χ1n) is 8.53. The van der Waals surface area contributed by atoms with Gasteiger partial charge in [-0.3, -0.25) is 14.3 Å². The number of aromatic nitrogens is 2. The number of nitrogens with zero attached hydrogens (tertiary/aromatic N) is 2. The molecule has 0 fully saturated rings. The molecule has 0 unspecified atom stereocenters. The summed E-state index contributed by atoms with van der Waals surface area (Å²) in [7, 11) is 0. The SMILES string of the molecule is CC[C@@H](NC(=O)c1oc2c(c1C)C(=O)CCC2)c1cnn(CC)c1. The van der Waals surface area contributed by atoms with Gasteiger partial charge in [0.15, 0.2) is 11.5 Å². The van der Waals surface area contributed by atoms with E-state index in [1.165, 1.54) is 0 Å². The summed E-state index contributed by atoms with van der Waals surface area (Å²) >= 11 is 0. The molecule has 0 bridgehead atoms. The van der Waals surface area contributed by atoms with E-state index in [1.54, 1.807) is 13.1 Å². The Morgan fingerprint density at radius 2 is 2.21 bits per heavy atom. The Labute approximate surface area is 141 Å². The standard InChI is InChI=1S/C18H23N3O3/c1-4-13(12-9-19-21(5-2)10-12)20-18(23)17-11(3)16-14(22)7-6-8-15(16)24-17/h9-10,13H,4-8H2,1-3H3,(H,20,23)/t13-/m1/s1. The Balaban J connectivity index is 1.82. The second-order valence-electron chi connectivity index (χ2n) is 6.19. The van der Waals surface area contributed by atoms with Gasteiger partial charge < -0.3 is 9.73 Å². The normalized spacial score (nSPS) is 15.2. The van der Waals surface area contributed by atoms with Gasteiger partial charge in [-0.1, -0.05) is 6.92 Å². The first-order chi connectivity index (χ1) is 11.5. The molecule has 1 atom stereocenters. The van der Waals surface area contributed by atoms with Crippen LogP contribution in [-0.2, 0) is 13.0 Å². The number of amides is 1. The molecule has 0 saturated heterocycles. The molecule has 2 aromatic heterocycles. The summed E-state index contributed by atoms with van der Waals surface area (Å²) in [5.74, 6) is 0.718. The van der Waals surface area contributed by atoms with Gasteiger partial charge in [0.05, 0.1) is 17.8 Å². The third kappa shape index (κ3) is 2.88. The molecule has 2 heterocycles. The Bertz CT molecular complexity index is 773. The molecular weight excluding hydrogens is 306 g/mol.